The maximum atomic E-state index is 10.9. The summed E-state index contributed by atoms with van der Waals surface area (Å²) in [6.07, 6.45) is 1.50. The number of methoxy groups -OCH3 is 1. The summed E-state index contributed by atoms with van der Waals surface area (Å²) < 4.78 is 4.89. The summed E-state index contributed by atoms with van der Waals surface area (Å²) in [7, 11) is 1.63. The number of hydrogen-bond donors (Lipinski definition) is 1. The number of hydrogen-bond acceptors (Lipinski definition) is 2. The van der Waals surface area contributed by atoms with Gasteiger partial charge in [-0.2, -0.15) is 0 Å². The highest BCUT2D eigenvalue weighted by atomic mass is 16.5. The molecule has 3 nitrogen and oxygen atoms in total. The monoisotopic (exact) mass is 188 g/mol. The molecule has 1 atom stereocenters. The first-order valence-corrected chi connectivity index (χ1v) is 4.61. The largest absolute Gasteiger partial charge is 0.481 e. The molecule has 0 rings (SSSR count). The Balaban J connectivity index is 4.04. The summed E-state index contributed by atoms with van der Waals surface area (Å²) >= 11 is 0. The molecule has 0 spiro atoms. The molecule has 13 heavy (non-hydrogen) atoms. The molecule has 0 bridgehead atoms. The molecule has 0 saturated heterocycles. The summed E-state index contributed by atoms with van der Waals surface area (Å²) in [5.74, 6) is -0.980. The van der Waals surface area contributed by atoms with Crippen LogP contribution in [-0.4, -0.2) is 24.8 Å². The molecule has 78 valence electrons. The van der Waals surface area contributed by atoms with Gasteiger partial charge in [0, 0.05) is 13.7 Å². The first-order chi connectivity index (χ1) is 5.89. The van der Waals surface area contributed by atoms with E-state index in [2.05, 4.69) is 0 Å². The minimum atomic E-state index is -0.705. The summed E-state index contributed by atoms with van der Waals surface area (Å²) in [5, 5.41) is 8.97. The molecule has 0 aromatic heterocycles. The van der Waals surface area contributed by atoms with Gasteiger partial charge in [-0.05, 0) is 18.3 Å². The minimum absolute atomic E-state index is 0.167. The normalized spacial score (nSPS) is 14.2. The van der Waals surface area contributed by atoms with E-state index in [0.717, 1.165) is 6.42 Å². The van der Waals surface area contributed by atoms with Crippen molar-refractivity contribution in [3.05, 3.63) is 0 Å². The van der Waals surface area contributed by atoms with Crippen molar-refractivity contribution in [1.82, 2.24) is 0 Å². The predicted octanol–water partition coefficient (Wildman–Crippen LogP) is 2.16. The third-order valence-corrected chi connectivity index (χ3v) is 2.18. The second kappa shape index (κ2) is 5.22. The maximum absolute atomic E-state index is 10.9. The lowest BCUT2D eigenvalue weighted by Crippen LogP contribution is -2.28. The maximum Gasteiger partial charge on any atom is 0.307 e. The topological polar surface area (TPSA) is 46.5 Å². The van der Waals surface area contributed by atoms with Crippen molar-refractivity contribution in [1.29, 1.82) is 0 Å². The average molecular weight is 188 g/mol. The molecule has 0 heterocycles. The van der Waals surface area contributed by atoms with Crippen molar-refractivity contribution in [2.24, 2.45) is 11.3 Å². The van der Waals surface area contributed by atoms with Crippen LogP contribution < -0.4 is 0 Å². The van der Waals surface area contributed by atoms with E-state index in [0.29, 0.717) is 13.0 Å². The van der Waals surface area contributed by atoms with E-state index in [1.807, 2.05) is 20.8 Å². The van der Waals surface area contributed by atoms with E-state index in [-0.39, 0.29) is 11.3 Å². The van der Waals surface area contributed by atoms with Crippen LogP contribution in [-0.2, 0) is 9.53 Å². The zero-order chi connectivity index (χ0) is 10.5. The molecule has 0 aromatic carbocycles. The van der Waals surface area contributed by atoms with Gasteiger partial charge in [-0.3, -0.25) is 4.79 Å². The van der Waals surface area contributed by atoms with Gasteiger partial charge in [0.2, 0.25) is 0 Å². The molecule has 3 heteroatoms. The third-order valence-electron chi connectivity index (χ3n) is 2.18. The summed E-state index contributed by atoms with van der Waals surface area (Å²) in [5.41, 5.74) is -0.167. The lowest BCUT2D eigenvalue weighted by molar-refractivity contribution is -0.145. The first kappa shape index (κ1) is 12.4. The fraction of sp³-hybridized carbons (Fsp3) is 0.900. The number of ether oxygens (including phenoxy) is 1. The molecule has 1 unspecified atom stereocenters. The Kier molecular flexibility index (Phi) is 4.99. The first-order valence-electron chi connectivity index (χ1n) is 4.61. The number of rotatable bonds is 5. The standard InChI is InChI=1S/C10H20O3/c1-10(2,3)8(9(11)12)6-5-7-13-4/h8H,5-7H2,1-4H3,(H,11,12). The molecule has 0 aliphatic heterocycles. The number of aliphatic carboxylic acids is 1. The summed E-state index contributed by atoms with van der Waals surface area (Å²) in [4.78, 5) is 10.9. The summed E-state index contributed by atoms with van der Waals surface area (Å²) in [6.45, 7) is 6.51. The zero-order valence-electron chi connectivity index (χ0n) is 8.96. The van der Waals surface area contributed by atoms with Gasteiger partial charge in [-0.15, -0.1) is 0 Å². The molecule has 0 radical (unpaired) electrons. The van der Waals surface area contributed by atoms with E-state index in [9.17, 15) is 4.79 Å². The van der Waals surface area contributed by atoms with Crippen molar-refractivity contribution in [3.8, 4) is 0 Å². The van der Waals surface area contributed by atoms with Crippen molar-refractivity contribution in [3.63, 3.8) is 0 Å². The van der Waals surface area contributed by atoms with Crippen LogP contribution >= 0.6 is 0 Å². The molecular formula is C10H20O3. The van der Waals surface area contributed by atoms with Gasteiger partial charge in [0.15, 0.2) is 0 Å². The van der Waals surface area contributed by atoms with Gasteiger partial charge in [-0.1, -0.05) is 20.8 Å². The lowest BCUT2D eigenvalue weighted by atomic mass is 9.78. The van der Waals surface area contributed by atoms with Gasteiger partial charge in [0.05, 0.1) is 5.92 Å². The van der Waals surface area contributed by atoms with Crippen LogP contribution in [0.25, 0.3) is 0 Å². The van der Waals surface area contributed by atoms with Crippen molar-refractivity contribution in [2.75, 3.05) is 13.7 Å². The molecular weight excluding hydrogens is 168 g/mol. The van der Waals surface area contributed by atoms with E-state index in [1.165, 1.54) is 0 Å². The Labute approximate surface area is 80.1 Å². The molecule has 0 amide bonds. The van der Waals surface area contributed by atoms with Gasteiger partial charge in [0.25, 0.3) is 0 Å². The molecule has 0 fully saturated rings. The predicted molar refractivity (Wildman–Crippen MR) is 51.7 cm³/mol. The van der Waals surface area contributed by atoms with E-state index in [4.69, 9.17) is 9.84 Å². The molecule has 0 saturated carbocycles. The Morgan fingerprint density at radius 1 is 1.46 bits per heavy atom. The smallest absolute Gasteiger partial charge is 0.307 e. The van der Waals surface area contributed by atoms with E-state index < -0.39 is 5.97 Å². The second-order valence-corrected chi connectivity index (χ2v) is 4.39. The number of carbonyl (C=O) groups is 1. The molecule has 1 N–H and O–H groups in total. The highest BCUT2D eigenvalue weighted by Gasteiger charge is 2.30. The van der Waals surface area contributed by atoms with Crippen LogP contribution in [0.4, 0.5) is 0 Å². The SMILES string of the molecule is COCCCC(C(=O)O)C(C)(C)C. The van der Waals surface area contributed by atoms with E-state index >= 15 is 0 Å². The van der Waals surface area contributed by atoms with Crippen LogP contribution in [0.5, 0.6) is 0 Å². The highest BCUT2D eigenvalue weighted by molar-refractivity contribution is 5.70. The van der Waals surface area contributed by atoms with Crippen molar-refractivity contribution in [2.45, 2.75) is 33.6 Å². The van der Waals surface area contributed by atoms with Gasteiger partial charge < -0.3 is 9.84 Å². The fourth-order valence-corrected chi connectivity index (χ4v) is 1.36. The fourth-order valence-electron chi connectivity index (χ4n) is 1.36. The van der Waals surface area contributed by atoms with Crippen LogP contribution in [0.2, 0.25) is 0 Å². The molecule has 0 aliphatic rings. The van der Waals surface area contributed by atoms with Crippen LogP contribution in [0, 0.1) is 11.3 Å². The second-order valence-electron chi connectivity index (χ2n) is 4.39. The van der Waals surface area contributed by atoms with Crippen LogP contribution in [0.15, 0.2) is 0 Å². The quantitative estimate of drug-likeness (QED) is 0.672. The van der Waals surface area contributed by atoms with Crippen LogP contribution in [0.1, 0.15) is 33.6 Å². The van der Waals surface area contributed by atoms with Crippen LogP contribution in [0.3, 0.4) is 0 Å². The van der Waals surface area contributed by atoms with E-state index in [1.54, 1.807) is 7.11 Å². The third kappa shape index (κ3) is 4.88. The highest BCUT2D eigenvalue weighted by Crippen LogP contribution is 2.29. The lowest BCUT2D eigenvalue weighted by Gasteiger charge is -2.26. The number of carboxylic acid groups (broad SMARTS) is 1. The van der Waals surface area contributed by atoms with Gasteiger partial charge in [0.1, 0.15) is 0 Å². The Bertz CT molecular complexity index is 158. The van der Waals surface area contributed by atoms with Crippen molar-refractivity contribution >= 4 is 5.97 Å². The van der Waals surface area contributed by atoms with Gasteiger partial charge >= 0.3 is 5.97 Å². The van der Waals surface area contributed by atoms with Gasteiger partial charge in [-0.25, -0.2) is 0 Å². The minimum Gasteiger partial charge on any atom is -0.481 e. The average Bonchev–Trinajstić information content (AvgIpc) is 1.94. The van der Waals surface area contributed by atoms with Crippen molar-refractivity contribution < 1.29 is 14.6 Å². The Morgan fingerprint density at radius 3 is 2.31 bits per heavy atom. The molecule has 0 aromatic rings. The number of carboxylic acids is 1. The Hall–Kier alpha value is -0.570. The Morgan fingerprint density at radius 2 is 2.00 bits per heavy atom. The zero-order valence-corrected chi connectivity index (χ0v) is 8.96. The summed E-state index contributed by atoms with van der Waals surface area (Å²) in [6, 6.07) is 0. The molecule has 0 aliphatic carbocycles.